The molecule has 5 nitrogen and oxygen atoms in total. The largest absolute Gasteiger partial charge is 0.382 e. The molecule has 1 N–H and O–H groups in total. The molecule has 6 heteroatoms. The number of aliphatic hydroxyl groups excluding tert-OH is 1. The zero-order valence-corrected chi connectivity index (χ0v) is 14.6. The third kappa shape index (κ3) is 7.61. The lowest BCUT2D eigenvalue weighted by Crippen LogP contribution is -2.50. The monoisotopic (exact) mass is 313 g/mol. The first-order valence-electron chi connectivity index (χ1n) is 8.13. The molecule has 0 aliphatic carbocycles. The van der Waals surface area contributed by atoms with Crippen molar-refractivity contribution in [3.8, 4) is 0 Å². The van der Waals surface area contributed by atoms with Crippen molar-refractivity contribution in [1.82, 2.24) is 4.90 Å². The second-order valence-electron chi connectivity index (χ2n) is 6.05. The van der Waals surface area contributed by atoms with Gasteiger partial charge < -0.3 is 19.5 Å². The van der Waals surface area contributed by atoms with E-state index < -0.39 is 5.54 Å². The van der Waals surface area contributed by atoms with E-state index in [9.17, 15) is 9.90 Å². The molecule has 1 amide bonds. The van der Waals surface area contributed by atoms with E-state index in [1.807, 2.05) is 20.8 Å². The number of rotatable bonds is 13. The topological polar surface area (TPSA) is 59.0 Å². The summed E-state index contributed by atoms with van der Waals surface area (Å²) in [5.41, 5.74) is -0.398. The number of methoxy groups -OCH3 is 1. The Labute approximate surface area is 136 Å². The second kappa shape index (κ2) is 11.9. The lowest BCUT2D eigenvalue weighted by molar-refractivity contribution is -0.144. The highest BCUT2D eigenvalue weighted by Gasteiger charge is 2.32. The molecule has 0 aromatic carbocycles. The van der Waals surface area contributed by atoms with Crippen LogP contribution in [0.25, 0.3) is 0 Å². The van der Waals surface area contributed by atoms with Crippen LogP contribution in [0.15, 0.2) is 0 Å². The van der Waals surface area contributed by atoms with Crippen molar-refractivity contribution in [2.75, 3.05) is 33.7 Å². The Morgan fingerprint density at radius 3 is 2.55 bits per heavy atom. The van der Waals surface area contributed by atoms with Gasteiger partial charge in [-0.05, 0) is 26.2 Å². The highest BCUT2D eigenvalue weighted by molar-refractivity contribution is 6.08. The van der Waals surface area contributed by atoms with E-state index in [-0.39, 0.29) is 12.6 Å². The van der Waals surface area contributed by atoms with E-state index in [0.717, 1.165) is 12.8 Å². The molecule has 0 saturated carbocycles. The molecular formula is C16H32BNO4. The molecule has 0 rings (SSSR count). The first-order chi connectivity index (χ1) is 10.4. The Hall–Kier alpha value is -0.585. The van der Waals surface area contributed by atoms with Gasteiger partial charge in [-0.15, -0.1) is 0 Å². The summed E-state index contributed by atoms with van der Waals surface area (Å²) in [6.45, 7) is 7.41. The Kier molecular flexibility index (Phi) is 11.6. The van der Waals surface area contributed by atoms with Crippen molar-refractivity contribution in [3.05, 3.63) is 0 Å². The van der Waals surface area contributed by atoms with Crippen LogP contribution in [-0.2, 0) is 14.3 Å². The van der Waals surface area contributed by atoms with Crippen molar-refractivity contribution in [2.24, 2.45) is 5.92 Å². The highest BCUT2D eigenvalue weighted by Crippen LogP contribution is 2.25. The summed E-state index contributed by atoms with van der Waals surface area (Å²) < 4.78 is 10.4. The van der Waals surface area contributed by atoms with E-state index in [1.165, 1.54) is 0 Å². The summed E-state index contributed by atoms with van der Waals surface area (Å²) in [5, 5.41) is 9.65. The van der Waals surface area contributed by atoms with E-state index in [0.29, 0.717) is 44.9 Å². The van der Waals surface area contributed by atoms with Gasteiger partial charge in [0.05, 0.1) is 21.1 Å². The minimum absolute atomic E-state index is 0.0240. The van der Waals surface area contributed by atoms with E-state index >= 15 is 0 Å². The fraction of sp³-hybridized carbons (Fsp3) is 0.938. The lowest BCUT2D eigenvalue weighted by Gasteiger charge is -2.40. The lowest BCUT2D eigenvalue weighted by atomic mass is 9.88. The number of amides is 1. The Morgan fingerprint density at radius 2 is 2.05 bits per heavy atom. The van der Waals surface area contributed by atoms with Crippen LogP contribution >= 0.6 is 0 Å². The minimum atomic E-state index is -0.398. The molecule has 0 saturated heterocycles. The zero-order valence-electron chi connectivity index (χ0n) is 14.6. The molecular weight excluding hydrogens is 281 g/mol. The first kappa shape index (κ1) is 21.4. The highest BCUT2D eigenvalue weighted by atomic mass is 16.5. The average molecular weight is 313 g/mol. The third-order valence-electron chi connectivity index (χ3n) is 4.33. The number of ether oxygens (including phenoxy) is 2. The first-order valence-corrected chi connectivity index (χ1v) is 8.13. The number of hydrogen-bond donors (Lipinski definition) is 1. The molecule has 0 fully saturated rings. The third-order valence-corrected chi connectivity index (χ3v) is 4.33. The smallest absolute Gasteiger partial charge is 0.224 e. The zero-order chi connectivity index (χ0) is 17.0. The predicted octanol–water partition coefficient (Wildman–Crippen LogP) is 1.99. The fourth-order valence-corrected chi connectivity index (χ4v) is 2.21. The molecule has 128 valence electrons. The van der Waals surface area contributed by atoms with Gasteiger partial charge >= 0.3 is 0 Å². The number of carbonyl (C=O) groups excluding carboxylic acids is 1. The van der Waals surface area contributed by atoms with Gasteiger partial charge in [0, 0.05) is 25.7 Å². The molecule has 2 radical (unpaired) electrons. The molecule has 2 atom stereocenters. The summed E-state index contributed by atoms with van der Waals surface area (Å²) >= 11 is 0. The molecule has 0 aromatic rings. The van der Waals surface area contributed by atoms with E-state index in [1.54, 1.807) is 12.0 Å². The second-order valence-corrected chi connectivity index (χ2v) is 6.05. The van der Waals surface area contributed by atoms with Gasteiger partial charge in [-0.3, -0.25) is 4.79 Å². The summed E-state index contributed by atoms with van der Waals surface area (Å²) in [5.74, 6) is 0.291. The standard InChI is InChI=1S/C16H32BNO4/c1-5-16(3,8-9-22-11-10-21-4)18(13-19)15(20)7-6-14(2)12-17/h14,19H,5-13H2,1-4H3/t14-,16-/m0/s1. The molecule has 0 unspecified atom stereocenters. The number of aliphatic hydroxyl groups is 1. The maximum atomic E-state index is 12.4. The predicted molar refractivity (Wildman–Crippen MR) is 88.9 cm³/mol. The van der Waals surface area contributed by atoms with Crippen LogP contribution in [0.2, 0.25) is 6.32 Å². The SMILES string of the molecule is [B]C[C@@H](C)CCC(=O)N(CO)[C@@](C)(CC)CCOCCOC. The maximum absolute atomic E-state index is 12.4. The summed E-state index contributed by atoms with van der Waals surface area (Å²) in [4.78, 5) is 14.0. The van der Waals surface area contributed by atoms with Crippen molar-refractivity contribution in [2.45, 2.75) is 58.3 Å². The van der Waals surface area contributed by atoms with Crippen LogP contribution < -0.4 is 0 Å². The van der Waals surface area contributed by atoms with Crippen molar-refractivity contribution in [1.29, 1.82) is 0 Å². The summed E-state index contributed by atoms with van der Waals surface area (Å²) in [6.07, 6.45) is 3.19. The fourth-order valence-electron chi connectivity index (χ4n) is 2.21. The molecule has 0 heterocycles. The molecule has 0 bridgehead atoms. The number of carbonyl (C=O) groups is 1. The van der Waals surface area contributed by atoms with Gasteiger partial charge in [-0.1, -0.05) is 26.1 Å². The van der Waals surface area contributed by atoms with Crippen LogP contribution in [0, 0.1) is 5.92 Å². The number of hydrogen-bond acceptors (Lipinski definition) is 4. The molecule has 0 spiro atoms. The van der Waals surface area contributed by atoms with Crippen molar-refractivity contribution >= 4 is 13.8 Å². The van der Waals surface area contributed by atoms with Gasteiger partial charge in [0.1, 0.15) is 6.73 Å². The summed E-state index contributed by atoms with van der Waals surface area (Å²) in [6, 6.07) is 0. The Balaban J connectivity index is 4.50. The van der Waals surface area contributed by atoms with Gasteiger partial charge in [0.15, 0.2) is 0 Å². The summed E-state index contributed by atoms with van der Waals surface area (Å²) in [7, 11) is 7.22. The van der Waals surface area contributed by atoms with Gasteiger partial charge in [0.2, 0.25) is 5.91 Å². The number of nitrogens with zero attached hydrogens (tertiary/aromatic N) is 1. The van der Waals surface area contributed by atoms with Gasteiger partial charge in [0.25, 0.3) is 0 Å². The van der Waals surface area contributed by atoms with Crippen molar-refractivity contribution in [3.63, 3.8) is 0 Å². The van der Waals surface area contributed by atoms with Crippen LogP contribution in [-0.4, -0.2) is 63.0 Å². The Morgan fingerprint density at radius 1 is 1.36 bits per heavy atom. The average Bonchev–Trinajstić information content (AvgIpc) is 2.52. The normalized spacial score (nSPS) is 15.3. The van der Waals surface area contributed by atoms with Gasteiger partial charge in [-0.25, -0.2) is 0 Å². The van der Waals surface area contributed by atoms with Crippen LogP contribution in [0.3, 0.4) is 0 Å². The quantitative estimate of drug-likeness (QED) is 0.321. The van der Waals surface area contributed by atoms with Gasteiger partial charge in [-0.2, -0.15) is 0 Å². The van der Waals surface area contributed by atoms with Crippen molar-refractivity contribution < 1.29 is 19.4 Å². The van der Waals surface area contributed by atoms with Crippen LogP contribution in [0.1, 0.15) is 46.5 Å². The van der Waals surface area contributed by atoms with E-state index in [2.05, 4.69) is 0 Å². The minimum Gasteiger partial charge on any atom is -0.382 e. The maximum Gasteiger partial charge on any atom is 0.224 e. The Bertz CT molecular complexity index is 304. The van der Waals surface area contributed by atoms with E-state index in [4.69, 9.17) is 17.3 Å². The molecule has 0 aromatic heterocycles. The van der Waals surface area contributed by atoms with Crippen LogP contribution in [0.5, 0.6) is 0 Å². The molecule has 22 heavy (non-hydrogen) atoms. The molecule has 0 aliphatic heterocycles. The van der Waals surface area contributed by atoms with Crippen LogP contribution in [0.4, 0.5) is 0 Å². The molecule has 0 aliphatic rings.